The lowest BCUT2D eigenvalue weighted by Crippen LogP contribution is -2.64. The molecule has 8 rings (SSSR count). The van der Waals surface area contributed by atoms with Crippen molar-refractivity contribution in [3.05, 3.63) is 82.4 Å². The minimum Gasteiger partial charge on any atom is -0.478 e. The molecular formula is C33H32ClFN4O5. The van der Waals surface area contributed by atoms with Gasteiger partial charge in [0.1, 0.15) is 11.6 Å². The topological polar surface area (TPSA) is 89.3 Å². The van der Waals surface area contributed by atoms with Crippen LogP contribution >= 0.6 is 11.6 Å². The number of rotatable bonds is 7. The Balaban J connectivity index is 1.05. The van der Waals surface area contributed by atoms with Gasteiger partial charge < -0.3 is 28.8 Å². The summed E-state index contributed by atoms with van der Waals surface area (Å²) in [5.74, 6) is -0.593. The summed E-state index contributed by atoms with van der Waals surface area (Å²) < 4.78 is 35.5. The highest BCUT2D eigenvalue weighted by atomic mass is 35.5. The fraction of sp³-hybridized carbons (Fsp3) is 0.394. The standard InChI is InChI=1S/C33H32ClFN4O5/c1-33(22-7-6-20(34)16-23(22)35)43-29-4-2-3-27(31(29)44-33)38-13-12-37(25-9-10-26(25)38)18-30-36-24-8-5-19(32(40)41)15-28(24)39(30)17-21-11-14-42-21/h2-8,15-16,21,25-26H,9-14,17-18H2,1H3,(H,40,41)/t21-,25-,26+,33-/m0/s1. The number of hydrogen-bond acceptors (Lipinski definition) is 7. The van der Waals surface area contributed by atoms with Gasteiger partial charge in [-0.3, -0.25) is 4.90 Å². The molecule has 1 saturated carbocycles. The number of para-hydroxylation sites is 1. The van der Waals surface area contributed by atoms with Crippen molar-refractivity contribution in [2.24, 2.45) is 0 Å². The molecule has 11 heteroatoms. The summed E-state index contributed by atoms with van der Waals surface area (Å²) >= 11 is 6.00. The van der Waals surface area contributed by atoms with Gasteiger partial charge in [-0.15, -0.1) is 0 Å². The molecule has 1 aromatic heterocycles. The maximum absolute atomic E-state index is 14.9. The molecule has 0 radical (unpaired) electrons. The van der Waals surface area contributed by atoms with Crippen molar-refractivity contribution in [3.63, 3.8) is 0 Å². The third kappa shape index (κ3) is 4.50. The Hall–Kier alpha value is -3.86. The van der Waals surface area contributed by atoms with E-state index in [1.807, 2.05) is 12.1 Å². The van der Waals surface area contributed by atoms with Crippen LogP contribution in [0.15, 0.2) is 54.6 Å². The number of carboxylic acid groups (broad SMARTS) is 1. The van der Waals surface area contributed by atoms with Gasteiger partial charge in [0.15, 0.2) is 11.5 Å². The second-order valence-electron chi connectivity index (χ2n) is 12.2. The Morgan fingerprint density at radius 1 is 1.09 bits per heavy atom. The van der Waals surface area contributed by atoms with E-state index in [4.69, 9.17) is 30.8 Å². The SMILES string of the molecule is C[C@]1(c2ccc(Cl)cc2F)Oc2cccc(N3CCN(Cc4nc5ccc(C(=O)O)cc5n4C[C@@H]4CCO4)[C@H]4CC[C@H]43)c2O1. The molecule has 1 aliphatic carbocycles. The van der Waals surface area contributed by atoms with Gasteiger partial charge in [-0.2, -0.15) is 0 Å². The highest BCUT2D eigenvalue weighted by Gasteiger charge is 2.47. The number of imidazole rings is 1. The third-order valence-electron chi connectivity index (χ3n) is 9.59. The molecule has 0 unspecified atom stereocenters. The monoisotopic (exact) mass is 618 g/mol. The molecule has 0 spiro atoms. The number of piperazine rings is 1. The second-order valence-corrected chi connectivity index (χ2v) is 12.6. The fourth-order valence-corrected chi connectivity index (χ4v) is 7.23. The first-order valence-electron chi connectivity index (χ1n) is 15.1. The summed E-state index contributed by atoms with van der Waals surface area (Å²) in [6.07, 6.45) is 3.21. The highest BCUT2D eigenvalue weighted by Crippen LogP contribution is 2.51. The van der Waals surface area contributed by atoms with Crippen LogP contribution in [0.4, 0.5) is 10.1 Å². The van der Waals surface area contributed by atoms with Gasteiger partial charge in [-0.25, -0.2) is 14.2 Å². The predicted octanol–water partition coefficient (Wildman–Crippen LogP) is 5.81. The summed E-state index contributed by atoms with van der Waals surface area (Å²) in [5.41, 5.74) is 3.12. The maximum atomic E-state index is 14.9. The number of carbonyl (C=O) groups is 1. The largest absolute Gasteiger partial charge is 0.478 e. The van der Waals surface area contributed by atoms with E-state index in [1.54, 1.807) is 37.3 Å². The fourth-order valence-electron chi connectivity index (χ4n) is 7.07. The van der Waals surface area contributed by atoms with Crippen molar-refractivity contribution in [1.29, 1.82) is 0 Å². The van der Waals surface area contributed by atoms with Crippen LogP contribution in [-0.4, -0.2) is 63.4 Å². The zero-order chi connectivity index (χ0) is 30.2. The molecule has 0 amide bonds. The average molecular weight is 619 g/mol. The van der Waals surface area contributed by atoms with Gasteiger partial charge in [0.05, 0.1) is 47.0 Å². The quantitative estimate of drug-likeness (QED) is 0.278. The minimum atomic E-state index is -1.31. The van der Waals surface area contributed by atoms with Crippen molar-refractivity contribution >= 4 is 34.3 Å². The Morgan fingerprint density at radius 3 is 2.66 bits per heavy atom. The molecule has 4 atom stereocenters. The number of nitrogens with zero attached hydrogens (tertiary/aromatic N) is 4. The second kappa shape index (κ2) is 10.4. The lowest BCUT2D eigenvalue weighted by molar-refractivity contribution is -0.0706. The summed E-state index contributed by atoms with van der Waals surface area (Å²) in [6.45, 7) is 5.40. The van der Waals surface area contributed by atoms with Crippen molar-refractivity contribution in [2.75, 3.05) is 24.6 Å². The molecule has 3 fully saturated rings. The van der Waals surface area contributed by atoms with Gasteiger partial charge in [0.2, 0.25) is 0 Å². The number of ether oxygens (including phenoxy) is 3. The van der Waals surface area contributed by atoms with E-state index in [0.29, 0.717) is 41.2 Å². The number of fused-ring (bicyclic) bond motifs is 3. The summed E-state index contributed by atoms with van der Waals surface area (Å²) in [6, 6.07) is 16.1. The van der Waals surface area contributed by atoms with Crippen LogP contribution in [-0.2, 0) is 23.6 Å². The van der Waals surface area contributed by atoms with Crippen LogP contribution in [0.3, 0.4) is 0 Å². The van der Waals surface area contributed by atoms with Gasteiger partial charge in [0, 0.05) is 43.7 Å². The van der Waals surface area contributed by atoms with Crippen LogP contribution in [0.2, 0.25) is 5.02 Å². The summed E-state index contributed by atoms with van der Waals surface area (Å²) in [7, 11) is 0. The van der Waals surface area contributed by atoms with Gasteiger partial charge in [-0.05, 0) is 67.8 Å². The first kappa shape index (κ1) is 27.7. The molecule has 9 nitrogen and oxygen atoms in total. The molecule has 1 N–H and O–H groups in total. The number of hydrogen-bond donors (Lipinski definition) is 1. The van der Waals surface area contributed by atoms with E-state index in [9.17, 15) is 14.3 Å². The van der Waals surface area contributed by atoms with Crippen molar-refractivity contribution in [2.45, 2.75) is 63.3 Å². The predicted molar refractivity (Wildman–Crippen MR) is 162 cm³/mol. The maximum Gasteiger partial charge on any atom is 0.335 e. The number of aromatic carboxylic acids is 1. The molecule has 3 aromatic carbocycles. The number of aromatic nitrogens is 2. The molecule has 228 valence electrons. The first-order valence-corrected chi connectivity index (χ1v) is 15.5. The van der Waals surface area contributed by atoms with E-state index in [-0.39, 0.29) is 17.7 Å². The number of carboxylic acids is 1. The number of halogens is 2. The van der Waals surface area contributed by atoms with E-state index in [1.165, 1.54) is 6.07 Å². The zero-order valence-corrected chi connectivity index (χ0v) is 25.0. The highest BCUT2D eigenvalue weighted by molar-refractivity contribution is 6.30. The molecule has 2 saturated heterocycles. The molecule has 4 heterocycles. The van der Waals surface area contributed by atoms with Crippen molar-refractivity contribution in [1.82, 2.24) is 14.5 Å². The van der Waals surface area contributed by atoms with E-state index in [0.717, 1.165) is 61.5 Å². The van der Waals surface area contributed by atoms with Gasteiger partial charge >= 0.3 is 5.97 Å². The normalized spacial score (nSPS) is 25.9. The molecule has 0 bridgehead atoms. The first-order chi connectivity index (χ1) is 21.3. The molecule has 44 heavy (non-hydrogen) atoms. The zero-order valence-electron chi connectivity index (χ0n) is 24.2. The lowest BCUT2D eigenvalue weighted by atomic mass is 9.81. The van der Waals surface area contributed by atoms with E-state index < -0.39 is 17.6 Å². The molecule has 3 aliphatic heterocycles. The summed E-state index contributed by atoms with van der Waals surface area (Å²) in [4.78, 5) is 21.6. The molecule has 4 aromatic rings. The third-order valence-corrected chi connectivity index (χ3v) is 9.82. The van der Waals surface area contributed by atoms with Gasteiger partial charge in [0.25, 0.3) is 5.79 Å². The van der Waals surface area contributed by atoms with Gasteiger partial charge in [-0.1, -0.05) is 17.7 Å². The van der Waals surface area contributed by atoms with Crippen LogP contribution in [0, 0.1) is 5.82 Å². The summed E-state index contributed by atoms with van der Waals surface area (Å²) in [5, 5.41) is 9.91. The van der Waals surface area contributed by atoms with E-state index in [2.05, 4.69) is 20.4 Å². The molecule has 4 aliphatic rings. The minimum absolute atomic E-state index is 0.113. The van der Waals surface area contributed by atoms with E-state index >= 15 is 0 Å². The average Bonchev–Trinajstić information content (AvgIpc) is 3.47. The Kier molecular flexibility index (Phi) is 6.51. The Labute approximate surface area is 258 Å². The molecular weight excluding hydrogens is 587 g/mol. The van der Waals surface area contributed by atoms with Crippen LogP contribution in [0.25, 0.3) is 11.0 Å². The Morgan fingerprint density at radius 2 is 1.93 bits per heavy atom. The Bertz CT molecular complexity index is 1790. The van der Waals surface area contributed by atoms with Crippen LogP contribution in [0.5, 0.6) is 11.5 Å². The van der Waals surface area contributed by atoms with Crippen molar-refractivity contribution in [3.8, 4) is 11.5 Å². The van der Waals surface area contributed by atoms with Crippen LogP contribution < -0.4 is 14.4 Å². The lowest BCUT2D eigenvalue weighted by Gasteiger charge is -2.54. The van der Waals surface area contributed by atoms with Crippen molar-refractivity contribution < 1.29 is 28.5 Å². The smallest absolute Gasteiger partial charge is 0.335 e. The van der Waals surface area contributed by atoms with Crippen LogP contribution in [0.1, 0.15) is 47.9 Å². The number of anilines is 1. The number of benzene rings is 3.